The van der Waals surface area contributed by atoms with Crippen molar-refractivity contribution in [1.29, 1.82) is 0 Å². The quantitative estimate of drug-likeness (QED) is 0.701. The summed E-state index contributed by atoms with van der Waals surface area (Å²) in [6, 6.07) is 0. The van der Waals surface area contributed by atoms with E-state index in [9.17, 15) is 5.11 Å². The standard InChI is InChI=1S/C10H20O2/c1-8(2)10(11,7-12-3)9-5-4-6-9/h8-9,11H,4-7H2,1-3H3. The third-order valence-electron chi connectivity index (χ3n) is 3.19. The highest BCUT2D eigenvalue weighted by atomic mass is 16.5. The van der Waals surface area contributed by atoms with Crippen molar-refractivity contribution in [1.82, 2.24) is 0 Å². The predicted octanol–water partition coefficient (Wildman–Crippen LogP) is 1.82. The van der Waals surface area contributed by atoms with Crippen LogP contribution in [0.3, 0.4) is 0 Å². The van der Waals surface area contributed by atoms with Crippen LogP contribution < -0.4 is 0 Å². The fraction of sp³-hybridized carbons (Fsp3) is 1.00. The smallest absolute Gasteiger partial charge is 0.0930 e. The summed E-state index contributed by atoms with van der Waals surface area (Å²) in [6.45, 7) is 4.62. The maximum Gasteiger partial charge on any atom is 0.0930 e. The minimum atomic E-state index is -0.576. The molecule has 0 heterocycles. The minimum absolute atomic E-state index is 0.294. The largest absolute Gasteiger partial charge is 0.387 e. The molecule has 1 unspecified atom stereocenters. The lowest BCUT2D eigenvalue weighted by Gasteiger charge is -2.43. The van der Waals surface area contributed by atoms with Crippen LogP contribution in [0.2, 0.25) is 0 Å². The molecule has 0 amide bonds. The van der Waals surface area contributed by atoms with E-state index in [-0.39, 0.29) is 0 Å². The second-order valence-electron chi connectivity index (χ2n) is 4.21. The van der Waals surface area contributed by atoms with Crippen LogP contribution in [0.1, 0.15) is 33.1 Å². The average Bonchev–Trinajstić information content (AvgIpc) is 1.83. The molecule has 0 aromatic heterocycles. The molecule has 1 saturated carbocycles. The van der Waals surface area contributed by atoms with Gasteiger partial charge in [-0.3, -0.25) is 0 Å². The van der Waals surface area contributed by atoms with Crippen LogP contribution in [0.5, 0.6) is 0 Å². The van der Waals surface area contributed by atoms with Crippen LogP contribution in [-0.2, 0) is 4.74 Å². The van der Waals surface area contributed by atoms with E-state index in [2.05, 4.69) is 13.8 Å². The van der Waals surface area contributed by atoms with Gasteiger partial charge in [0, 0.05) is 7.11 Å². The molecule has 2 nitrogen and oxygen atoms in total. The van der Waals surface area contributed by atoms with Crippen molar-refractivity contribution in [2.75, 3.05) is 13.7 Å². The first-order valence-corrected chi connectivity index (χ1v) is 4.82. The zero-order valence-corrected chi connectivity index (χ0v) is 8.34. The molecule has 0 bridgehead atoms. The van der Waals surface area contributed by atoms with Crippen molar-refractivity contribution in [3.63, 3.8) is 0 Å². The number of hydrogen-bond acceptors (Lipinski definition) is 2. The zero-order chi connectivity index (χ0) is 9.19. The molecule has 72 valence electrons. The summed E-state index contributed by atoms with van der Waals surface area (Å²) >= 11 is 0. The van der Waals surface area contributed by atoms with Gasteiger partial charge in [-0.2, -0.15) is 0 Å². The lowest BCUT2D eigenvalue weighted by atomic mass is 9.68. The van der Waals surface area contributed by atoms with Crippen LogP contribution in [0.25, 0.3) is 0 Å². The van der Waals surface area contributed by atoms with Crippen LogP contribution in [0.4, 0.5) is 0 Å². The van der Waals surface area contributed by atoms with Crippen LogP contribution in [-0.4, -0.2) is 24.4 Å². The minimum Gasteiger partial charge on any atom is -0.387 e. The number of rotatable bonds is 4. The van der Waals surface area contributed by atoms with E-state index in [1.54, 1.807) is 7.11 Å². The molecule has 1 atom stereocenters. The van der Waals surface area contributed by atoms with Gasteiger partial charge in [-0.15, -0.1) is 0 Å². The molecule has 2 heteroatoms. The zero-order valence-electron chi connectivity index (χ0n) is 8.34. The van der Waals surface area contributed by atoms with Gasteiger partial charge in [0.25, 0.3) is 0 Å². The first kappa shape index (κ1) is 10.0. The van der Waals surface area contributed by atoms with Crippen molar-refractivity contribution >= 4 is 0 Å². The Balaban J connectivity index is 2.56. The van der Waals surface area contributed by atoms with Gasteiger partial charge in [-0.25, -0.2) is 0 Å². The van der Waals surface area contributed by atoms with Gasteiger partial charge in [0.2, 0.25) is 0 Å². The lowest BCUT2D eigenvalue weighted by molar-refractivity contribution is -0.126. The third-order valence-corrected chi connectivity index (χ3v) is 3.19. The number of ether oxygens (including phenoxy) is 1. The van der Waals surface area contributed by atoms with E-state index in [0.29, 0.717) is 18.4 Å². The molecule has 0 radical (unpaired) electrons. The molecule has 1 aliphatic carbocycles. The molecule has 1 rings (SSSR count). The number of aliphatic hydroxyl groups is 1. The topological polar surface area (TPSA) is 29.5 Å². The molecule has 1 fully saturated rings. The van der Waals surface area contributed by atoms with E-state index >= 15 is 0 Å². The van der Waals surface area contributed by atoms with E-state index in [1.807, 2.05) is 0 Å². The highest BCUT2D eigenvalue weighted by Gasteiger charge is 2.42. The average molecular weight is 172 g/mol. The Morgan fingerprint density at radius 3 is 2.33 bits per heavy atom. The van der Waals surface area contributed by atoms with Crippen LogP contribution in [0.15, 0.2) is 0 Å². The fourth-order valence-corrected chi connectivity index (χ4v) is 1.90. The Kier molecular flexibility index (Phi) is 3.13. The summed E-state index contributed by atoms with van der Waals surface area (Å²) in [7, 11) is 1.66. The molecule has 0 aromatic carbocycles. The van der Waals surface area contributed by atoms with E-state index < -0.39 is 5.60 Å². The van der Waals surface area contributed by atoms with Crippen molar-refractivity contribution in [2.45, 2.75) is 38.7 Å². The molecule has 0 aromatic rings. The summed E-state index contributed by atoms with van der Waals surface area (Å²) < 4.78 is 5.08. The van der Waals surface area contributed by atoms with Crippen molar-refractivity contribution in [2.24, 2.45) is 11.8 Å². The molecule has 1 aliphatic rings. The van der Waals surface area contributed by atoms with Gasteiger partial charge in [0.15, 0.2) is 0 Å². The summed E-state index contributed by atoms with van der Waals surface area (Å²) in [5.41, 5.74) is -0.576. The third kappa shape index (κ3) is 1.64. The summed E-state index contributed by atoms with van der Waals surface area (Å²) in [4.78, 5) is 0. The van der Waals surface area contributed by atoms with Crippen molar-refractivity contribution < 1.29 is 9.84 Å². The van der Waals surface area contributed by atoms with Gasteiger partial charge in [0.05, 0.1) is 12.2 Å². The Morgan fingerprint density at radius 2 is 2.08 bits per heavy atom. The molecule has 1 N–H and O–H groups in total. The highest BCUT2D eigenvalue weighted by Crippen LogP contribution is 2.40. The summed E-state index contributed by atoms with van der Waals surface area (Å²) in [5, 5.41) is 10.3. The van der Waals surface area contributed by atoms with Gasteiger partial charge in [0.1, 0.15) is 0 Å². The number of methoxy groups -OCH3 is 1. The fourth-order valence-electron chi connectivity index (χ4n) is 1.90. The van der Waals surface area contributed by atoms with Crippen molar-refractivity contribution in [3.8, 4) is 0 Å². The van der Waals surface area contributed by atoms with Gasteiger partial charge in [-0.1, -0.05) is 20.3 Å². The van der Waals surface area contributed by atoms with E-state index in [1.165, 1.54) is 6.42 Å². The second kappa shape index (κ2) is 3.75. The molecule has 0 saturated heterocycles. The highest BCUT2D eigenvalue weighted by molar-refractivity contribution is 4.93. The van der Waals surface area contributed by atoms with Gasteiger partial charge < -0.3 is 9.84 Å². The molecular weight excluding hydrogens is 152 g/mol. The van der Waals surface area contributed by atoms with Crippen molar-refractivity contribution in [3.05, 3.63) is 0 Å². The first-order valence-electron chi connectivity index (χ1n) is 4.82. The SMILES string of the molecule is COCC(O)(C(C)C)C1CCC1. The molecular formula is C10H20O2. The molecule has 0 spiro atoms. The monoisotopic (exact) mass is 172 g/mol. The maximum atomic E-state index is 10.3. The Hall–Kier alpha value is -0.0800. The molecule has 0 aliphatic heterocycles. The molecule has 12 heavy (non-hydrogen) atoms. The normalized spacial score (nSPS) is 23.8. The van der Waals surface area contributed by atoms with Crippen LogP contribution >= 0.6 is 0 Å². The Labute approximate surface area is 74.9 Å². The van der Waals surface area contributed by atoms with Gasteiger partial charge >= 0.3 is 0 Å². The summed E-state index contributed by atoms with van der Waals surface area (Å²) in [5.74, 6) is 0.764. The second-order valence-corrected chi connectivity index (χ2v) is 4.21. The van der Waals surface area contributed by atoms with Crippen LogP contribution in [0, 0.1) is 11.8 Å². The van der Waals surface area contributed by atoms with E-state index in [4.69, 9.17) is 4.74 Å². The Bertz CT molecular complexity index is 141. The maximum absolute atomic E-state index is 10.3. The van der Waals surface area contributed by atoms with Gasteiger partial charge in [-0.05, 0) is 24.7 Å². The lowest BCUT2D eigenvalue weighted by Crippen LogP contribution is -2.49. The van der Waals surface area contributed by atoms with E-state index in [0.717, 1.165) is 12.8 Å². The Morgan fingerprint density at radius 1 is 1.50 bits per heavy atom. The number of hydrogen-bond donors (Lipinski definition) is 1. The summed E-state index contributed by atoms with van der Waals surface area (Å²) in [6.07, 6.45) is 3.60. The first-order chi connectivity index (χ1) is 5.61. The predicted molar refractivity (Wildman–Crippen MR) is 49.0 cm³/mol.